The standard InChI is InChI=1S/C17H27N3O4/c1-17(2,3)14-9-15(24-19-14)18-16(22)13-8-12(21)10-20(13)11-4-6-23-7-5-11/h9,11-13,21H,4-8,10H2,1-3H3,(H,18,22). The molecule has 1 amide bonds. The fraction of sp³-hybridized carbons (Fsp3) is 0.765. The number of hydrogen-bond donors (Lipinski definition) is 2. The van der Waals surface area contributed by atoms with Crippen molar-refractivity contribution >= 4 is 11.8 Å². The highest BCUT2D eigenvalue weighted by atomic mass is 16.5. The Hall–Kier alpha value is -1.44. The third-order valence-corrected chi connectivity index (χ3v) is 4.80. The number of aliphatic hydroxyl groups is 1. The van der Waals surface area contributed by atoms with Crippen LogP contribution in [0.4, 0.5) is 5.88 Å². The molecule has 1 aromatic heterocycles. The number of nitrogens with one attached hydrogen (secondary N) is 1. The highest BCUT2D eigenvalue weighted by Crippen LogP contribution is 2.28. The van der Waals surface area contributed by atoms with E-state index in [9.17, 15) is 9.90 Å². The van der Waals surface area contributed by atoms with E-state index in [1.54, 1.807) is 6.07 Å². The molecule has 7 nitrogen and oxygen atoms in total. The van der Waals surface area contributed by atoms with Crippen LogP contribution in [-0.4, -0.2) is 59.0 Å². The zero-order valence-corrected chi connectivity index (χ0v) is 14.6. The van der Waals surface area contributed by atoms with Gasteiger partial charge in [0.2, 0.25) is 11.8 Å². The number of rotatable bonds is 3. The van der Waals surface area contributed by atoms with Gasteiger partial charge in [-0.15, -0.1) is 0 Å². The molecule has 2 fully saturated rings. The molecule has 2 N–H and O–H groups in total. The fourth-order valence-corrected chi connectivity index (χ4v) is 3.41. The molecule has 2 atom stereocenters. The minimum absolute atomic E-state index is 0.135. The topological polar surface area (TPSA) is 87.8 Å². The summed E-state index contributed by atoms with van der Waals surface area (Å²) in [5.41, 5.74) is 0.662. The molecule has 0 radical (unpaired) electrons. The summed E-state index contributed by atoms with van der Waals surface area (Å²) in [4.78, 5) is 14.8. The van der Waals surface area contributed by atoms with Gasteiger partial charge in [0.15, 0.2) is 0 Å². The summed E-state index contributed by atoms with van der Waals surface area (Å²) in [6, 6.07) is 1.71. The van der Waals surface area contributed by atoms with Crippen LogP contribution in [0.3, 0.4) is 0 Å². The molecule has 3 heterocycles. The minimum Gasteiger partial charge on any atom is -0.392 e. The van der Waals surface area contributed by atoms with Crippen molar-refractivity contribution in [2.24, 2.45) is 0 Å². The second-order valence-electron chi connectivity index (χ2n) is 7.76. The number of ether oxygens (including phenoxy) is 1. The van der Waals surface area contributed by atoms with Gasteiger partial charge in [-0.2, -0.15) is 0 Å². The molecule has 24 heavy (non-hydrogen) atoms. The van der Waals surface area contributed by atoms with Crippen molar-refractivity contribution in [2.75, 3.05) is 25.1 Å². The number of carbonyl (C=O) groups is 1. The van der Waals surface area contributed by atoms with Crippen LogP contribution in [0.15, 0.2) is 10.6 Å². The normalized spacial score (nSPS) is 26.7. The molecular formula is C17H27N3O4. The van der Waals surface area contributed by atoms with Crippen LogP contribution in [-0.2, 0) is 14.9 Å². The number of hydrogen-bond acceptors (Lipinski definition) is 6. The predicted molar refractivity (Wildman–Crippen MR) is 88.8 cm³/mol. The second kappa shape index (κ2) is 6.82. The number of β-amino-alcohol motifs (C(OH)–C–C–N with tert-alkyl or cyclic N) is 1. The van der Waals surface area contributed by atoms with E-state index in [1.807, 2.05) is 20.8 Å². The highest BCUT2D eigenvalue weighted by molar-refractivity contribution is 5.94. The Morgan fingerprint density at radius 3 is 2.71 bits per heavy atom. The molecule has 2 saturated heterocycles. The molecule has 1 aromatic rings. The Labute approximate surface area is 142 Å². The number of amides is 1. The average Bonchev–Trinajstić information content (AvgIpc) is 3.14. The van der Waals surface area contributed by atoms with Crippen molar-refractivity contribution in [2.45, 2.75) is 63.6 Å². The summed E-state index contributed by atoms with van der Waals surface area (Å²) in [6.45, 7) is 8.07. The zero-order chi connectivity index (χ0) is 17.3. The lowest BCUT2D eigenvalue weighted by atomic mass is 9.92. The Morgan fingerprint density at radius 1 is 1.38 bits per heavy atom. The van der Waals surface area contributed by atoms with Crippen molar-refractivity contribution in [1.29, 1.82) is 0 Å². The summed E-state index contributed by atoms with van der Waals surface area (Å²) in [6.07, 6.45) is 1.77. The van der Waals surface area contributed by atoms with Crippen LogP contribution in [0.5, 0.6) is 0 Å². The molecule has 2 aliphatic heterocycles. The highest BCUT2D eigenvalue weighted by Gasteiger charge is 2.40. The first-order chi connectivity index (χ1) is 11.3. The molecule has 3 rings (SSSR count). The lowest BCUT2D eigenvalue weighted by Gasteiger charge is -2.34. The maximum atomic E-state index is 12.7. The van der Waals surface area contributed by atoms with E-state index >= 15 is 0 Å². The first kappa shape index (κ1) is 17.4. The lowest BCUT2D eigenvalue weighted by molar-refractivity contribution is -0.121. The third kappa shape index (κ3) is 3.79. The summed E-state index contributed by atoms with van der Waals surface area (Å²) in [5.74, 6) is 0.216. The largest absolute Gasteiger partial charge is 0.392 e. The number of likely N-dealkylation sites (tertiary alicyclic amines) is 1. The monoisotopic (exact) mass is 337 g/mol. The summed E-state index contributed by atoms with van der Waals surface area (Å²) in [5, 5.41) is 16.9. The van der Waals surface area contributed by atoms with Gasteiger partial charge in [-0.1, -0.05) is 25.9 Å². The van der Waals surface area contributed by atoms with Gasteiger partial charge in [0.05, 0.1) is 17.8 Å². The molecule has 134 valence electrons. The number of carbonyl (C=O) groups excluding carboxylic acids is 1. The van der Waals surface area contributed by atoms with E-state index < -0.39 is 6.10 Å². The van der Waals surface area contributed by atoms with E-state index in [0.717, 1.165) is 18.5 Å². The molecule has 2 aliphatic rings. The van der Waals surface area contributed by atoms with Crippen LogP contribution < -0.4 is 5.32 Å². The Morgan fingerprint density at radius 2 is 2.08 bits per heavy atom. The van der Waals surface area contributed by atoms with Crippen LogP contribution >= 0.6 is 0 Å². The molecule has 0 spiro atoms. The minimum atomic E-state index is -0.469. The average molecular weight is 337 g/mol. The third-order valence-electron chi connectivity index (χ3n) is 4.80. The van der Waals surface area contributed by atoms with Crippen LogP contribution in [0.1, 0.15) is 45.7 Å². The fourth-order valence-electron chi connectivity index (χ4n) is 3.41. The Balaban J connectivity index is 1.67. The van der Waals surface area contributed by atoms with E-state index in [2.05, 4.69) is 15.4 Å². The van der Waals surface area contributed by atoms with Gasteiger partial charge in [0, 0.05) is 37.3 Å². The SMILES string of the molecule is CC(C)(C)c1cc(NC(=O)C2CC(O)CN2C2CCOCC2)on1. The maximum absolute atomic E-state index is 12.7. The van der Waals surface area contributed by atoms with Gasteiger partial charge in [-0.3, -0.25) is 15.0 Å². The van der Waals surface area contributed by atoms with Gasteiger partial charge in [0.25, 0.3) is 0 Å². The predicted octanol–water partition coefficient (Wildman–Crippen LogP) is 1.52. The summed E-state index contributed by atoms with van der Waals surface area (Å²) >= 11 is 0. The zero-order valence-electron chi connectivity index (χ0n) is 14.6. The molecule has 0 bridgehead atoms. The van der Waals surface area contributed by atoms with Crippen molar-refractivity contribution < 1.29 is 19.2 Å². The maximum Gasteiger partial charge on any atom is 0.244 e. The lowest BCUT2D eigenvalue weighted by Crippen LogP contribution is -2.47. The number of aliphatic hydroxyl groups excluding tert-OH is 1. The molecule has 7 heteroatoms. The van der Waals surface area contributed by atoms with Crippen LogP contribution in [0, 0.1) is 0 Å². The molecule has 2 unspecified atom stereocenters. The first-order valence-corrected chi connectivity index (χ1v) is 8.64. The van der Waals surface area contributed by atoms with Crippen LogP contribution in [0.25, 0.3) is 0 Å². The smallest absolute Gasteiger partial charge is 0.244 e. The van der Waals surface area contributed by atoms with Gasteiger partial charge >= 0.3 is 0 Å². The van der Waals surface area contributed by atoms with Gasteiger partial charge in [0.1, 0.15) is 0 Å². The molecule has 0 saturated carbocycles. The van der Waals surface area contributed by atoms with Gasteiger partial charge in [-0.25, -0.2) is 0 Å². The van der Waals surface area contributed by atoms with E-state index in [1.165, 1.54) is 0 Å². The Kier molecular flexibility index (Phi) is 4.94. The Bertz CT molecular complexity index is 575. The molecule has 0 aliphatic carbocycles. The number of nitrogens with zero attached hydrogens (tertiary/aromatic N) is 2. The summed E-state index contributed by atoms with van der Waals surface area (Å²) in [7, 11) is 0. The van der Waals surface area contributed by atoms with Gasteiger partial charge < -0.3 is 14.4 Å². The van der Waals surface area contributed by atoms with Crippen molar-refractivity contribution in [1.82, 2.24) is 10.1 Å². The van der Waals surface area contributed by atoms with Gasteiger partial charge in [-0.05, 0) is 19.3 Å². The van der Waals surface area contributed by atoms with E-state index in [-0.39, 0.29) is 23.4 Å². The number of anilines is 1. The van der Waals surface area contributed by atoms with Crippen molar-refractivity contribution in [3.8, 4) is 0 Å². The van der Waals surface area contributed by atoms with Crippen molar-refractivity contribution in [3.05, 3.63) is 11.8 Å². The molecule has 0 aromatic carbocycles. The van der Waals surface area contributed by atoms with Crippen LogP contribution in [0.2, 0.25) is 0 Å². The second-order valence-corrected chi connectivity index (χ2v) is 7.76. The number of aromatic nitrogens is 1. The van der Waals surface area contributed by atoms with E-state index in [0.29, 0.717) is 32.1 Å². The first-order valence-electron chi connectivity index (χ1n) is 8.64. The summed E-state index contributed by atoms with van der Waals surface area (Å²) < 4.78 is 10.6. The van der Waals surface area contributed by atoms with Crippen molar-refractivity contribution in [3.63, 3.8) is 0 Å². The van der Waals surface area contributed by atoms with E-state index in [4.69, 9.17) is 9.26 Å². The quantitative estimate of drug-likeness (QED) is 0.869. The molecular weight excluding hydrogens is 310 g/mol.